The van der Waals surface area contributed by atoms with Crippen LogP contribution in [-0.4, -0.2) is 9.36 Å². The Morgan fingerprint density at radius 1 is 1.50 bits per heavy atom. The first-order valence-corrected chi connectivity index (χ1v) is 6.38. The van der Waals surface area contributed by atoms with Gasteiger partial charge < -0.3 is 5.73 Å². The number of anilines is 1. The Labute approximate surface area is 101 Å². The van der Waals surface area contributed by atoms with Crippen molar-refractivity contribution >= 4 is 29.0 Å². The Balaban J connectivity index is 2.07. The first-order valence-electron chi connectivity index (χ1n) is 4.62. The molecule has 0 spiro atoms. The molecule has 84 valence electrons. The molecule has 0 radical (unpaired) electrons. The summed E-state index contributed by atoms with van der Waals surface area (Å²) < 4.78 is 17.9. The molecule has 0 saturated carbocycles. The summed E-state index contributed by atoms with van der Waals surface area (Å²) in [6, 6.07) is 4.39. The summed E-state index contributed by atoms with van der Waals surface area (Å²) in [5, 5.41) is 0. The Morgan fingerprint density at radius 3 is 3.00 bits per heavy atom. The van der Waals surface area contributed by atoms with Gasteiger partial charge >= 0.3 is 0 Å². The van der Waals surface area contributed by atoms with Gasteiger partial charge in [0.15, 0.2) is 4.34 Å². The van der Waals surface area contributed by atoms with Crippen LogP contribution in [0.4, 0.5) is 10.1 Å². The number of hydrogen-bond acceptors (Lipinski definition) is 5. The van der Waals surface area contributed by atoms with Gasteiger partial charge in [-0.15, -0.1) is 0 Å². The molecular formula is C10H10FN3S2. The topological polar surface area (TPSA) is 51.8 Å². The highest BCUT2D eigenvalue weighted by molar-refractivity contribution is 8.00. The SMILES string of the molecule is Cc1nsc(SCc2cc(F)ccc2N)n1. The normalized spacial score (nSPS) is 10.6. The lowest BCUT2D eigenvalue weighted by molar-refractivity contribution is 0.627. The Bertz CT molecular complexity index is 499. The standard InChI is InChI=1S/C10H10FN3S2/c1-6-13-10(16-14-6)15-5-7-4-8(11)2-3-9(7)12/h2-4H,5,12H2,1H3. The molecule has 0 saturated heterocycles. The lowest BCUT2D eigenvalue weighted by Gasteiger charge is -2.03. The maximum Gasteiger partial charge on any atom is 0.170 e. The number of hydrogen-bond donors (Lipinski definition) is 1. The van der Waals surface area contributed by atoms with Gasteiger partial charge in [0.05, 0.1) is 0 Å². The third-order valence-corrected chi connectivity index (χ3v) is 3.94. The highest BCUT2D eigenvalue weighted by atomic mass is 32.2. The van der Waals surface area contributed by atoms with Crippen molar-refractivity contribution in [2.45, 2.75) is 17.0 Å². The molecule has 0 aliphatic rings. The van der Waals surface area contributed by atoms with E-state index in [9.17, 15) is 4.39 Å². The van der Waals surface area contributed by atoms with Crippen LogP contribution in [0, 0.1) is 12.7 Å². The average Bonchev–Trinajstić information content (AvgIpc) is 2.66. The Hall–Kier alpha value is -1.14. The number of aromatic nitrogens is 2. The zero-order valence-corrected chi connectivity index (χ0v) is 10.2. The molecule has 2 rings (SSSR count). The van der Waals surface area contributed by atoms with Crippen LogP contribution >= 0.6 is 23.3 Å². The van der Waals surface area contributed by atoms with E-state index in [4.69, 9.17) is 5.73 Å². The average molecular weight is 255 g/mol. The number of aryl methyl sites for hydroxylation is 1. The van der Waals surface area contributed by atoms with E-state index in [1.165, 1.54) is 35.4 Å². The van der Waals surface area contributed by atoms with Gasteiger partial charge in [-0.25, -0.2) is 9.37 Å². The first kappa shape index (κ1) is 11.3. The molecule has 0 aliphatic carbocycles. The van der Waals surface area contributed by atoms with Crippen molar-refractivity contribution in [3.05, 3.63) is 35.4 Å². The van der Waals surface area contributed by atoms with Crippen LogP contribution in [0.5, 0.6) is 0 Å². The molecule has 6 heteroatoms. The highest BCUT2D eigenvalue weighted by Gasteiger charge is 2.05. The van der Waals surface area contributed by atoms with E-state index in [-0.39, 0.29) is 5.82 Å². The number of rotatable bonds is 3. The first-order chi connectivity index (χ1) is 7.65. The van der Waals surface area contributed by atoms with Gasteiger partial charge in [-0.2, -0.15) is 4.37 Å². The number of thioether (sulfide) groups is 1. The number of nitrogen functional groups attached to an aromatic ring is 1. The summed E-state index contributed by atoms with van der Waals surface area (Å²) >= 11 is 2.86. The molecule has 2 aromatic rings. The number of nitrogens with zero attached hydrogens (tertiary/aromatic N) is 2. The largest absolute Gasteiger partial charge is 0.398 e. The molecule has 0 atom stereocenters. The molecule has 1 heterocycles. The minimum atomic E-state index is -0.266. The number of halogens is 1. The summed E-state index contributed by atoms with van der Waals surface area (Å²) in [5.41, 5.74) is 7.14. The lowest BCUT2D eigenvalue weighted by atomic mass is 10.2. The minimum absolute atomic E-state index is 0.266. The fourth-order valence-corrected chi connectivity index (χ4v) is 2.82. The van der Waals surface area contributed by atoms with Crippen LogP contribution in [-0.2, 0) is 5.75 Å². The second-order valence-electron chi connectivity index (χ2n) is 3.24. The molecular weight excluding hydrogens is 245 g/mol. The molecule has 1 aromatic carbocycles. The van der Waals surface area contributed by atoms with Crippen LogP contribution in [0.15, 0.2) is 22.5 Å². The van der Waals surface area contributed by atoms with E-state index in [0.29, 0.717) is 11.4 Å². The molecule has 2 N–H and O–H groups in total. The van der Waals surface area contributed by atoms with Crippen LogP contribution in [0.2, 0.25) is 0 Å². The van der Waals surface area contributed by atoms with Crippen molar-refractivity contribution in [1.82, 2.24) is 9.36 Å². The summed E-state index contributed by atoms with van der Waals surface area (Å²) in [6.07, 6.45) is 0. The van der Waals surface area contributed by atoms with E-state index in [0.717, 1.165) is 15.7 Å². The zero-order chi connectivity index (χ0) is 11.5. The number of benzene rings is 1. The van der Waals surface area contributed by atoms with Crippen molar-refractivity contribution < 1.29 is 4.39 Å². The predicted molar refractivity (Wildman–Crippen MR) is 65.0 cm³/mol. The third kappa shape index (κ3) is 2.70. The Kier molecular flexibility index (Phi) is 3.40. The fraction of sp³-hybridized carbons (Fsp3) is 0.200. The molecule has 0 aliphatic heterocycles. The second-order valence-corrected chi connectivity index (χ2v) is 5.21. The van der Waals surface area contributed by atoms with Gasteiger partial charge in [0.1, 0.15) is 11.6 Å². The van der Waals surface area contributed by atoms with E-state index >= 15 is 0 Å². The van der Waals surface area contributed by atoms with Gasteiger partial charge in [-0.3, -0.25) is 0 Å². The van der Waals surface area contributed by atoms with Gasteiger partial charge in [0.2, 0.25) is 0 Å². The fourth-order valence-electron chi connectivity index (χ4n) is 1.18. The van der Waals surface area contributed by atoms with Crippen molar-refractivity contribution in [3.8, 4) is 0 Å². The summed E-state index contributed by atoms with van der Waals surface area (Å²) in [4.78, 5) is 4.21. The smallest absolute Gasteiger partial charge is 0.170 e. The van der Waals surface area contributed by atoms with Crippen LogP contribution in [0.25, 0.3) is 0 Å². The van der Waals surface area contributed by atoms with Crippen molar-refractivity contribution in [1.29, 1.82) is 0 Å². The van der Waals surface area contributed by atoms with Crippen molar-refractivity contribution in [2.24, 2.45) is 0 Å². The van der Waals surface area contributed by atoms with Gasteiger partial charge in [-0.05, 0) is 42.2 Å². The van der Waals surface area contributed by atoms with Gasteiger partial charge in [0.25, 0.3) is 0 Å². The van der Waals surface area contributed by atoms with E-state index in [1.807, 2.05) is 6.92 Å². The molecule has 16 heavy (non-hydrogen) atoms. The van der Waals surface area contributed by atoms with Crippen LogP contribution in [0.3, 0.4) is 0 Å². The molecule has 3 nitrogen and oxygen atoms in total. The van der Waals surface area contributed by atoms with E-state index in [1.54, 1.807) is 6.07 Å². The maximum atomic E-state index is 13.0. The second kappa shape index (κ2) is 4.80. The van der Waals surface area contributed by atoms with E-state index < -0.39 is 0 Å². The molecule has 0 fully saturated rings. The summed E-state index contributed by atoms with van der Waals surface area (Å²) in [5.74, 6) is 1.11. The Morgan fingerprint density at radius 2 is 2.31 bits per heavy atom. The predicted octanol–water partition coefficient (Wildman–Crippen LogP) is 2.86. The molecule has 0 unspecified atom stereocenters. The molecule has 0 amide bonds. The quantitative estimate of drug-likeness (QED) is 0.677. The number of nitrogens with two attached hydrogens (primary N) is 1. The lowest BCUT2D eigenvalue weighted by Crippen LogP contribution is -1.93. The zero-order valence-electron chi connectivity index (χ0n) is 8.61. The van der Waals surface area contributed by atoms with Crippen LogP contribution in [0.1, 0.15) is 11.4 Å². The third-order valence-electron chi connectivity index (χ3n) is 1.97. The maximum absolute atomic E-state index is 13.0. The van der Waals surface area contributed by atoms with Crippen LogP contribution < -0.4 is 5.73 Å². The monoisotopic (exact) mass is 255 g/mol. The highest BCUT2D eigenvalue weighted by Crippen LogP contribution is 2.26. The summed E-state index contributed by atoms with van der Waals surface area (Å²) in [7, 11) is 0. The summed E-state index contributed by atoms with van der Waals surface area (Å²) in [6.45, 7) is 1.84. The molecule has 1 aromatic heterocycles. The van der Waals surface area contributed by atoms with E-state index in [2.05, 4.69) is 9.36 Å². The van der Waals surface area contributed by atoms with Crippen molar-refractivity contribution in [3.63, 3.8) is 0 Å². The minimum Gasteiger partial charge on any atom is -0.398 e. The van der Waals surface area contributed by atoms with Gasteiger partial charge in [-0.1, -0.05) is 11.8 Å². The molecule has 0 bridgehead atoms. The van der Waals surface area contributed by atoms with Crippen molar-refractivity contribution in [2.75, 3.05) is 5.73 Å². The van der Waals surface area contributed by atoms with Gasteiger partial charge in [0, 0.05) is 11.4 Å².